The van der Waals surface area contributed by atoms with Gasteiger partial charge in [0.1, 0.15) is 0 Å². The van der Waals surface area contributed by atoms with Crippen molar-refractivity contribution in [3.63, 3.8) is 0 Å². The average molecular weight is 267 g/mol. The minimum atomic E-state index is -0.237. The van der Waals surface area contributed by atoms with Gasteiger partial charge in [-0.05, 0) is 35.9 Å². The summed E-state index contributed by atoms with van der Waals surface area (Å²) >= 11 is 0. The molecule has 0 atom stereocenters. The van der Waals surface area contributed by atoms with Crippen LogP contribution in [0.25, 0.3) is 10.9 Å². The van der Waals surface area contributed by atoms with Crippen LogP contribution < -0.4 is 11.1 Å². The Morgan fingerprint density at radius 2 is 2.05 bits per heavy atom. The van der Waals surface area contributed by atoms with Gasteiger partial charge in [-0.1, -0.05) is 0 Å². The summed E-state index contributed by atoms with van der Waals surface area (Å²) in [6, 6.07) is 9.00. The molecule has 100 valence electrons. The molecular weight excluding hydrogens is 254 g/mol. The molecule has 20 heavy (non-hydrogen) atoms. The molecule has 0 spiro atoms. The lowest BCUT2D eigenvalue weighted by Gasteiger charge is -2.03. The van der Waals surface area contributed by atoms with Crippen LogP contribution in [0.1, 0.15) is 16.1 Å². The normalized spacial score (nSPS) is 10.6. The van der Waals surface area contributed by atoms with E-state index in [1.165, 1.54) is 0 Å². The van der Waals surface area contributed by atoms with Crippen molar-refractivity contribution in [2.24, 2.45) is 0 Å². The van der Waals surface area contributed by atoms with E-state index >= 15 is 0 Å². The number of nitrogens with two attached hydrogens (primary N) is 1. The Kier molecular flexibility index (Phi) is 3.04. The van der Waals surface area contributed by atoms with E-state index < -0.39 is 0 Å². The van der Waals surface area contributed by atoms with E-state index in [1.807, 2.05) is 12.1 Å². The zero-order chi connectivity index (χ0) is 13.9. The van der Waals surface area contributed by atoms with Gasteiger partial charge >= 0.3 is 0 Å². The second-order valence-electron chi connectivity index (χ2n) is 4.42. The molecule has 0 aliphatic carbocycles. The Labute approximate surface area is 115 Å². The number of benzene rings is 1. The minimum absolute atomic E-state index is 0.237. The molecule has 3 aromatic rings. The Balaban J connectivity index is 1.80. The van der Waals surface area contributed by atoms with Gasteiger partial charge in [0, 0.05) is 30.0 Å². The number of aromatic nitrogens is 3. The molecule has 0 unspecified atom stereocenters. The molecule has 1 aromatic carbocycles. The Bertz CT molecular complexity index is 751. The third kappa shape index (κ3) is 2.31. The van der Waals surface area contributed by atoms with Gasteiger partial charge < -0.3 is 11.1 Å². The maximum atomic E-state index is 12.2. The standard InChI is InChI=1S/C14H13N5O/c15-10-1-2-12-11(7-10)13(19-18-12)14(20)17-8-9-3-5-16-6-4-9/h1-7H,8,15H2,(H,17,20)(H,18,19). The van der Waals surface area contributed by atoms with E-state index in [0.717, 1.165) is 16.5 Å². The van der Waals surface area contributed by atoms with Crippen LogP contribution in [-0.2, 0) is 6.54 Å². The predicted octanol–water partition coefficient (Wildman–Crippen LogP) is 1.47. The number of anilines is 1. The maximum absolute atomic E-state index is 12.2. The van der Waals surface area contributed by atoms with Crippen LogP contribution in [0.3, 0.4) is 0 Å². The molecule has 0 saturated heterocycles. The number of aromatic amines is 1. The van der Waals surface area contributed by atoms with Crippen molar-refractivity contribution < 1.29 is 4.79 Å². The number of carbonyl (C=O) groups excluding carboxylic acids is 1. The van der Waals surface area contributed by atoms with Crippen LogP contribution in [0, 0.1) is 0 Å². The molecule has 0 saturated carbocycles. The van der Waals surface area contributed by atoms with Crippen LogP contribution >= 0.6 is 0 Å². The van der Waals surface area contributed by atoms with Gasteiger partial charge in [-0.15, -0.1) is 0 Å². The van der Waals surface area contributed by atoms with Crippen molar-refractivity contribution in [3.8, 4) is 0 Å². The number of hydrogen-bond donors (Lipinski definition) is 3. The molecule has 3 rings (SSSR count). The number of hydrogen-bond acceptors (Lipinski definition) is 4. The Morgan fingerprint density at radius 1 is 1.25 bits per heavy atom. The molecule has 0 radical (unpaired) electrons. The summed E-state index contributed by atoms with van der Waals surface area (Å²) in [5.41, 5.74) is 8.45. The second-order valence-corrected chi connectivity index (χ2v) is 4.42. The summed E-state index contributed by atoms with van der Waals surface area (Å²) in [6.07, 6.45) is 3.37. The lowest BCUT2D eigenvalue weighted by atomic mass is 10.2. The SMILES string of the molecule is Nc1ccc2[nH]nc(C(=O)NCc3ccncc3)c2c1. The summed E-state index contributed by atoms with van der Waals surface area (Å²) in [4.78, 5) is 16.1. The van der Waals surface area contributed by atoms with Crippen LogP contribution in [0.4, 0.5) is 5.69 Å². The zero-order valence-electron chi connectivity index (χ0n) is 10.6. The number of nitrogens with one attached hydrogen (secondary N) is 2. The average Bonchev–Trinajstić information content (AvgIpc) is 2.89. The van der Waals surface area contributed by atoms with Crippen LogP contribution in [0.15, 0.2) is 42.7 Å². The van der Waals surface area contributed by atoms with E-state index in [4.69, 9.17) is 5.73 Å². The fourth-order valence-electron chi connectivity index (χ4n) is 1.97. The fraction of sp³-hybridized carbons (Fsp3) is 0.0714. The highest BCUT2D eigenvalue weighted by molar-refractivity contribution is 6.05. The molecule has 0 bridgehead atoms. The van der Waals surface area contributed by atoms with Crippen LogP contribution in [-0.4, -0.2) is 21.1 Å². The zero-order valence-corrected chi connectivity index (χ0v) is 10.6. The molecule has 6 nitrogen and oxygen atoms in total. The van der Waals surface area contributed by atoms with E-state index in [0.29, 0.717) is 17.9 Å². The van der Waals surface area contributed by atoms with Crippen LogP contribution in [0.2, 0.25) is 0 Å². The summed E-state index contributed by atoms with van der Waals surface area (Å²) < 4.78 is 0. The smallest absolute Gasteiger partial charge is 0.272 e. The number of fused-ring (bicyclic) bond motifs is 1. The summed E-state index contributed by atoms with van der Waals surface area (Å²) in [5.74, 6) is -0.237. The highest BCUT2D eigenvalue weighted by atomic mass is 16.1. The lowest BCUT2D eigenvalue weighted by Crippen LogP contribution is -2.23. The van der Waals surface area contributed by atoms with Gasteiger partial charge in [0.25, 0.3) is 5.91 Å². The molecule has 0 fully saturated rings. The van der Waals surface area contributed by atoms with E-state index in [-0.39, 0.29) is 5.91 Å². The van der Waals surface area contributed by atoms with Crippen molar-refractivity contribution in [2.75, 3.05) is 5.73 Å². The first-order valence-corrected chi connectivity index (χ1v) is 6.15. The third-order valence-electron chi connectivity index (χ3n) is 3.00. The molecule has 1 amide bonds. The molecular formula is C14H13N5O. The first-order chi connectivity index (χ1) is 9.74. The van der Waals surface area contributed by atoms with Gasteiger partial charge in [-0.25, -0.2) is 0 Å². The summed E-state index contributed by atoms with van der Waals surface area (Å²) in [7, 11) is 0. The number of pyridine rings is 1. The molecule has 2 heterocycles. The third-order valence-corrected chi connectivity index (χ3v) is 3.00. The Morgan fingerprint density at radius 3 is 2.85 bits per heavy atom. The number of nitrogens with zero attached hydrogens (tertiary/aromatic N) is 2. The first-order valence-electron chi connectivity index (χ1n) is 6.15. The van der Waals surface area contributed by atoms with Gasteiger partial charge in [0.05, 0.1) is 5.52 Å². The Hall–Kier alpha value is -2.89. The topological polar surface area (TPSA) is 96.7 Å². The second kappa shape index (κ2) is 5.00. The number of amides is 1. The fourth-order valence-corrected chi connectivity index (χ4v) is 1.97. The molecule has 2 aromatic heterocycles. The van der Waals surface area contributed by atoms with E-state index in [1.54, 1.807) is 30.6 Å². The number of carbonyl (C=O) groups is 1. The minimum Gasteiger partial charge on any atom is -0.399 e. The van der Waals surface area contributed by atoms with Crippen molar-refractivity contribution in [1.82, 2.24) is 20.5 Å². The van der Waals surface area contributed by atoms with E-state index in [2.05, 4.69) is 20.5 Å². The number of H-pyrrole nitrogens is 1. The number of rotatable bonds is 3. The van der Waals surface area contributed by atoms with Gasteiger partial charge in [0.2, 0.25) is 0 Å². The van der Waals surface area contributed by atoms with E-state index in [9.17, 15) is 4.79 Å². The maximum Gasteiger partial charge on any atom is 0.272 e. The highest BCUT2D eigenvalue weighted by Crippen LogP contribution is 2.18. The van der Waals surface area contributed by atoms with Crippen molar-refractivity contribution >= 4 is 22.5 Å². The number of nitrogen functional groups attached to an aromatic ring is 1. The monoisotopic (exact) mass is 267 g/mol. The van der Waals surface area contributed by atoms with Crippen molar-refractivity contribution in [3.05, 3.63) is 54.0 Å². The first kappa shape index (κ1) is 12.2. The predicted molar refractivity (Wildman–Crippen MR) is 75.9 cm³/mol. The van der Waals surface area contributed by atoms with Crippen molar-refractivity contribution in [1.29, 1.82) is 0 Å². The van der Waals surface area contributed by atoms with Gasteiger partial charge in [-0.3, -0.25) is 14.9 Å². The summed E-state index contributed by atoms with van der Waals surface area (Å²) in [6.45, 7) is 0.429. The quantitative estimate of drug-likeness (QED) is 0.626. The van der Waals surface area contributed by atoms with Gasteiger partial charge in [-0.2, -0.15) is 5.10 Å². The molecule has 0 aliphatic rings. The summed E-state index contributed by atoms with van der Waals surface area (Å²) in [5, 5.41) is 10.4. The molecule has 6 heteroatoms. The molecule has 4 N–H and O–H groups in total. The lowest BCUT2D eigenvalue weighted by molar-refractivity contribution is 0.0947. The molecule has 0 aliphatic heterocycles. The van der Waals surface area contributed by atoms with Crippen molar-refractivity contribution in [2.45, 2.75) is 6.54 Å². The largest absolute Gasteiger partial charge is 0.399 e. The highest BCUT2D eigenvalue weighted by Gasteiger charge is 2.13. The van der Waals surface area contributed by atoms with Crippen LogP contribution in [0.5, 0.6) is 0 Å². The van der Waals surface area contributed by atoms with Gasteiger partial charge in [0.15, 0.2) is 5.69 Å².